The van der Waals surface area contributed by atoms with Crippen molar-refractivity contribution in [3.8, 4) is 0 Å². The third-order valence-electron chi connectivity index (χ3n) is 2.05. The molecule has 0 aliphatic carbocycles. The molecule has 0 heterocycles. The van der Waals surface area contributed by atoms with Gasteiger partial charge in [0.1, 0.15) is 0 Å². The molecular weight excluding hydrogens is 240 g/mol. The van der Waals surface area contributed by atoms with Crippen LogP contribution in [0.2, 0.25) is 0 Å². The average Bonchev–Trinajstić information content (AvgIpc) is 2.26. The first-order valence-electron chi connectivity index (χ1n) is 5.38. The first-order chi connectivity index (χ1) is 7.52. The van der Waals surface area contributed by atoms with Crippen LogP contribution in [0.4, 0.5) is 0 Å². The second-order valence-corrected chi connectivity index (χ2v) is 7.36. The maximum absolute atomic E-state index is 11.9. The lowest BCUT2D eigenvalue weighted by Gasteiger charge is -2.05. The molecule has 1 aromatic rings. The molecule has 0 unspecified atom stereocenters. The fourth-order valence-electron chi connectivity index (χ4n) is 1.23. The third kappa shape index (κ3) is 4.58. The Labute approximate surface area is 102 Å². The minimum atomic E-state index is -3.08. The summed E-state index contributed by atoms with van der Waals surface area (Å²) in [4.78, 5) is 0.431. The Morgan fingerprint density at radius 3 is 2.38 bits per heavy atom. The zero-order chi connectivity index (χ0) is 12.0. The molecule has 0 aromatic heterocycles. The van der Waals surface area contributed by atoms with Crippen LogP contribution in [0.25, 0.3) is 0 Å². The van der Waals surface area contributed by atoms with E-state index in [-0.39, 0.29) is 5.75 Å². The van der Waals surface area contributed by atoms with Gasteiger partial charge in [0.15, 0.2) is 9.84 Å². The van der Waals surface area contributed by atoms with Crippen LogP contribution in [0, 0.1) is 5.92 Å². The molecule has 0 aliphatic rings. The lowest BCUT2D eigenvalue weighted by atomic mass is 10.3. The van der Waals surface area contributed by atoms with Crippen molar-refractivity contribution in [1.82, 2.24) is 0 Å². The first-order valence-corrected chi connectivity index (χ1v) is 8.18. The van der Waals surface area contributed by atoms with Gasteiger partial charge in [-0.3, -0.25) is 0 Å². The van der Waals surface area contributed by atoms with Crippen molar-refractivity contribution in [3.63, 3.8) is 0 Å². The van der Waals surface area contributed by atoms with E-state index >= 15 is 0 Å². The van der Waals surface area contributed by atoms with Gasteiger partial charge in [0, 0.05) is 5.75 Å². The molecule has 0 fully saturated rings. The van der Waals surface area contributed by atoms with Gasteiger partial charge in [0.05, 0.1) is 10.6 Å². The number of thioether (sulfide) groups is 1. The summed E-state index contributed by atoms with van der Waals surface area (Å²) < 4.78 is 23.7. The highest BCUT2D eigenvalue weighted by Crippen LogP contribution is 2.13. The van der Waals surface area contributed by atoms with Crippen molar-refractivity contribution >= 4 is 21.6 Å². The van der Waals surface area contributed by atoms with Crippen LogP contribution < -0.4 is 0 Å². The summed E-state index contributed by atoms with van der Waals surface area (Å²) in [5.74, 6) is 2.54. The largest absolute Gasteiger partial charge is 0.224 e. The van der Waals surface area contributed by atoms with Crippen LogP contribution >= 0.6 is 11.8 Å². The molecule has 2 nitrogen and oxygen atoms in total. The number of rotatable bonds is 6. The van der Waals surface area contributed by atoms with Crippen LogP contribution in [0.15, 0.2) is 35.2 Å². The summed E-state index contributed by atoms with van der Waals surface area (Å²) in [5, 5.41) is 0. The average molecular weight is 258 g/mol. The molecule has 1 rings (SSSR count). The SMILES string of the molecule is CC(C)CSCCS(=O)(=O)c1ccccc1. The van der Waals surface area contributed by atoms with Gasteiger partial charge in [0.2, 0.25) is 0 Å². The van der Waals surface area contributed by atoms with Gasteiger partial charge in [-0.2, -0.15) is 11.8 Å². The summed E-state index contributed by atoms with van der Waals surface area (Å²) in [6, 6.07) is 8.65. The van der Waals surface area contributed by atoms with Crippen LogP contribution in [0.3, 0.4) is 0 Å². The molecule has 16 heavy (non-hydrogen) atoms. The summed E-state index contributed by atoms with van der Waals surface area (Å²) in [5.41, 5.74) is 0. The van der Waals surface area contributed by atoms with Gasteiger partial charge in [-0.25, -0.2) is 8.42 Å². The molecule has 4 heteroatoms. The highest BCUT2D eigenvalue weighted by molar-refractivity contribution is 8.00. The Kier molecular flexibility index (Phi) is 5.35. The van der Waals surface area contributed by atoms with Gasteiger partial charge >= 0.3 is 0 Å². The van der Waals surface area contributed by atoms with E-state index in [1.807, 2.05) is 6.07 Å². The van der Waals surface area contributed by atoms with E-state index in [2.05, 4.69) is 13.8 Å². The molecule has 0 spiro atoms. The maximum atomic E-state index is 11.9. The van der Waals surface area contributed by atoms with Crippen LogP contribution in [0.5, 0.6) is 0 Å². The predicted octanol–water partition coefficient (Wildman–Crippen LogP) is 2.85. The number of hydrogen-bond acceptors (Lipinski definition) is 3. The highest BCUT2D eigenvalue weighted by Gasteiger charge is 2.13. The smallest absolute Gasteiger partial charge is 0.179 e. The van der Waals surface area contributed by atoms with Crippen LogP contribution in [0.1, 0.15) is 13.8 Å². The van der Waals surface area contributed by atoms with E-state index in [0.717, 1.165) is 5.75 Å². The molecular formula is C12H18O2S2. The van der Waals surface area contributed by atoms with E-state index in [9.17, 15) is 8.42 Å². The second-order valence-electron chi connectivity index (χ2n) is 4.10. The van der Waals surface area contributed by atoms with E-state index in [0.29, 0.717) is 16.6 Å². The lowest BCUT2D eigenvalue weighted by Crippen LogP contribution is -2.09. The van der Waals surface area contributed by atoms with Gasteiger partial charge in [-0.15, -0.1) is 0 Å². The number of benzene rings is 1. The summed E-state index contributed by atoms with van der Waals surface area (Å²) >= 11 is 1.70. The van der Waals surface area contributed by atoms with E-state index in [4.69, 9.17) is 0 Å². The zero-order valence-corrected chi connectivity index (χ0v) is 11.4. The molecule has 0 saturated carbocycles. The molecule has 0 bridgehead atoms. The van der Waals surface area contributed by atoms with Gasteiger partial charge in [-0.1, -0.05) is 32.0 Å². The van der Waals surface area contributed by atoms with Crippen molar-refractivity contribution in [1.29, 1.82) is 0 Å². The second kappa shape index (κ2) is 6.30. The van der Waals surface area contributed by atoms with Crippen molar-refractivity contribution in [3.05, 3.63) is 30.3 Å². The predicted molar refractivity (Wildman–Crippen MR) is 70.7 cm³/mol. The fraction of sp³-hybridized carbons (Fsp3) is 0.500. The number of hydrogen-bond donors (Lipinski definition) is 0. The molecule has 1 aromatic carbocycles. The minimum Gasteiger partial charge on any atom is -0.224 e. The Bertz CT molecular complexity index is 396. The van der Waals surface area contributed by atoms with Gasteiger partial charge in [0.25, 0.3) is 0 Å². The Morgan fingerprint density at radius 1 is 1.19 bits per heavy atom. The lowest BCUT2D eigenvalue weighted by molar-refractivity contribution is 0.597. The van der Waals surface area contributed by atoms with Crippen LogP contribution in [-0.2, 0) is 9.84 Å². The maximum Gasteiger partial charge on any atom is 0.179 e. The van der Waals surface area contributed by atoms with Crippen LogP contribution in [-0.4, -0.2) is 25.7 Å². The zero-order valence-electron chi connectivity index (χ0n) is 9.72. The van der Waals surface area contributed by atoms with Crippen molar-refractivity contribution < 1.29 is 8.42 Å². The van der Waals surface area contributed by atoms with Gasteiger partial charge in [-0.05, 0) is 23.8 Å². The van der Waals surface area contributed by atoms with Gasteiger partial charge < -0.3 is 0 Å². The standard InChI is InChI=1S/C12H18O2S2/c1-11(2)10-15-8-9-16(13,14)12-6-4-3-5-7-12/h3-7,11H,8-10H2,1-2H3. The van der Waals surface area contributed by atoms with E-state index in [1.54, 1.807) is 36.0 Å². The molecule has 0 atom stereocenters. The molecule has 0 N–H and O–H groups in total. The third-order valence-corrected chi connectivity index (χ3v) is 5.44. The summed E-state index contributed by atoms with van der Waals surface area (Å²) in [7, 11) is -3.08. The quantitative estimate of drug-likeness (QED) is 0.736. The van der Waals surface area contributed by atoms with Crippen molar-refractivity contribution in [2.45, 2.75) is 18.7 Å². The molecule has 0 aliphatic heterocycles. The minimum absolute atomic E-state index is 0.231. The summed E-state index contributed by atoms with van der Waals surface area (Å²) in [6.07, 6.45) is 0. The molecule has 0 amide bonds. The monoisotopic (exact) mass is 258 g/mol. The molecule has 0 radical (unpaired) electrons. The Hall–Kier alpha value is -0.480. The molecule has 0 saturated heterocycles. The van der Waals surface area contributed by atoms with E-state index < -0.39 is 9.84 Å². The molecule has 90 valence electrons. The van der Waals surface area contributed by atoms with E-state index in [1.165, 1.54) is 0 Å². The topological polar surface area (TPSA) is 34.1 Å². The summed E-state index contributed by atoms with van der Waals surface area (Å²) in [6.45, 7) is 4.28. The fourth-order valence-corrected chi connectivity index (χ4v) is 4.03. The number of sulfone groups is 1. The van der Waals surface area contributed by atoms with Crippen molar-refractivity contribution in [2.75, 3.05) is 17.3 Å². The first kappa shape index (κ1) is 13.6. The Morgan fingerprint density at radius 2 is 1.81 bits per heavy atom. The Balaban J connectivity index is 2.48. The highest BCUT2D eigenvalue weighted by atomic mass is 32.2. The normalized spacial score (nSPS) is 11.9. The van der Waals surface area contributed by atoms with Crippen molar-refractivity contribution in [2.24, 2.45) is 5.92 Å².